The number of H-pyrrole nitrogens is 1. The summed E-state index contributed by atoms with van der Waals surface area (Å²) in [5.74, 6) is 0.661. The second kappa shape index (κ2) is 5.00. The molecular formula is C15H17N3O2. The third-order valence-corrected chi connectivity index (χ3v) is 3.48. The third-order valence-electron chi connectivity index (χ3n) is 3.48. The number of furan rings is 1. The molecule has 0 radical (unpaired) electrons. The predicted molar refractivity (Wildman–Crippen MR) is 76.9 cm³/mol. The SMILES string of the molecule is CCCCc1c(C)[nH]c2cc(-c3ccco3)nn2c1=O. The number of hydrogen-bond donors (Lipinski definition) is 1. The van der Waals surface area contributed by atoms with Gasteiger partial charge in [0, 0.05) is 17.3 Å². The molecule has 0 aromatic carbocycles. The van der Waals surface area contributed by atoms with Crippen molar-refractivity contribution < 1.29 is 4.42 Å². The highest BCUT2D eigenvalue weighted by atomic mass is 16.3. The summed E-state index contributed by atoms with van der Waals surface area (Å²) in [5.41, 5.74) is 3.05. The van der Waals surface area contributed by atoms with E-state index >= 15 is 0 Å². The Bertz CT molecular complexity index is 781. The van der Waals surface area contributed by atoms with Gasteiger partial charge in [0.2, 0.25) is 0 Å². The van der Waals surface area contributed by atoms with E-state index in [1.807, 2.05) is 19.1 Å². The zero-order valence-corrected chi connectivity index (χ0v) is 11.6. The summed E-state index contributed by atoms with van der Waals surface area (Å²) in [4.78, 5) is 15.7. The molecule has 0 atom stereocenters. The lowest BCUT2D eigenvalue weighted by Gasteiger charge is -2.05. The zero-order valence-electron chi connectivity index (χ0n) is 11.6. The zero-order chi connectivity index (χ0) is 14.1. The van der Waals surface area contributed by atoms with Crippen LogP contribution in [-0.2, 0) is 6.42 Å². The van der Waals surface area contributed by atoms with E-state index < -0.39 is 0 Å². The Kier molecular flexibility index (Phi) is 3.18. The number of aryl methyl sites for hydroxylation is 1. The first-order valence-corrected chi connectivity index (χ1v) is 6.86. The van der Waals surface area contributed by atoms with Gasteiger partial charge in [-0.25, -0.2) is 0 Å². The Labute approximate surface area is 116 Å². The summed E-state index contributed by atoms with van der Waals surface area (Å²) < 4.78 is 6.75. The minimum absolute atomic E-state index is 0.0393. The number of hydrogen-bond acceptors (Lipinski definition) is 3. The Morgan fingerprint density at radius 2 is 2.30 bits per heavy atom. The van der Waals surface area contributed by atoms with Gasteiger partial charge >= 0.3 is 0 Å². The van der Waals surface area contributed by atoms with Crippen LogP contribution in [0.3, 0.4) is 0 Å². The molecule has 5 heteroatoms. The Morgan fingerprint density at radius 3 is 3.00 bits per heavy atom. The number of aromatic amines is 1. The summed E-state index contributed by atoms with van der Waals surface area (Å²) in [5, 5.41) is 4.34. The highest BCUT2D eigenvalue weighted by Crippen LogP contribution is 2.19. The number of unbranched alkanes of at least 4 members (excludes halogenated alkanes) is 1. The van der Waals surface area contributed by atoms with Crippen LogP contribution in [-0.4, -0.2) is 14.6 Å². The van der Waals surface area contributed by atoms with Crippen LogP contribution in [0.1, 0.15) is 31.0 Å². The molecule has 0 aliphatic carbocycles. The van der Waals surface area contributed by atoms with Crippen molar-refractivity contribution in [2.24, 2.45) is 0 Å². The monoisotopic (exact) mass is 271 g/mol. The summed E-state index contributed by atoms with van der Waals surface area (Å²) in [6, 6.07) is 5.47. The van der Waals surface area contributed by atoms with Crippen LogP contribution in [0.4, 0.5) is 0 Å². The molecule has 0 fully saturated rings. The van der Waals surface area contributed by atoms with Crippen molar-refractivity contribution in [3.63, 3.8) is 0 Å². The van der Waals surface area contributed by atoms with E-state index in [4.69, 9.17) is 4.42 Å². The van der Waals surface area contributed by atoms with Crippen molar-refractivity contribution in [3.05, 3.63) is 46.1 Å². The molecule has 0 spiro atoms. The van der Waals surface area contributed by atoms with Crippen LogP contribution in [0.5, 0.6) is 0 Å². The number of aromatic nitrogens is 3. The van der Waals surface area contributed by atoms with Gasteiger partial charge in [0.15, 0.2) is 5.76 Å². The maximum absolute atomic E-state index is 12.5. The summed E-state index contributed by atoms with van der Waals surface area (Å²) >= 11 is 0. The van der Waals surface area contributed by atoms with Crippen molar-refractivity contribution >= 4 is 5.65 Å². The van der Waals surface area contributed by atoms with Crippen molar-refractivity contribution in [1.29, 1.82) is 0 Å². The summed E-state index contributed by atoms with van der Waals surface area (Å²) in [6.45, 7) is 4.05. The standard InChI is InChI=1S/C15H17N3O2/c1-3-4-6-11-10(2)16-14-9-12(13-7-5-8-20-13)17-18(14)15(11)19/h5,7-9,16H,3-4,6H2,1-2H3. The largest absolute Gasteiger partial charge is 0.463 e. The molecule has 3 aromatic rings. The second-order valence-corrected chi connectivity index (χ2v) is 4.94. The smallest absolute Gasteiger partial charge is 0.277 e. The van der Waals surface area contributed by atoms with Crippen molar-refractivity contribution in [3.8, 4) is 11.5 Å². The van der Waals surface area contributed by atoms with E-state index in [-0.39, 0.29) is 5.56 Å². The highest BCUT2D eigenvalue weighted by molar-refractivity contribution is 5.59. The fourth-order valence-corrected chi connectivity index (χ4v) is 2.37. The topological polar surface area (TPSA) is 63.3 Å². The van der Waals surface area contributed by atoms with E-state index in [1.165, 1.54) is 4.52 Å². The van der Waals surface area contributed by atoms with Crippen LogP contribution >= 0.6 is 0 Å². The van der Waals surface area contributed by atoms with Gasteiger partial charge in [0.1, 0.15) is 11.3 Å². The van der Waals surface area contributed by atoms with Crippen LogP contribution in [0.2, 0.25) is 0 Å². The van der Waals surface area contributed by atoms with Gasteiger partial charge in [-0.15, -0.1) is 0 Å². The molecule has 3 rings (SSSR count). The van der Waals surface area contributed by atoms with Gasteiger partial charge in [0.05, 0.1) is 6.26 Å². The maximum Gasteiger partial charge on any atom is 0.277 e. The molecule has 3 aromatic heterocycles. The molecule has 0 saturated carbocycles. The van der Waals surface area contributed by atoms with Gasteiger partial charge < -0.3 is 9.40 Å². The molecule has 0 amide bonds. The molecule has 0 bridgehead atoms. The first-order valence-electron chi connectivity index (χ1n) is 6.86. The van der Waals surface area contributed by atoms with E-state index in [1.54, 1.807) is 12.3 Å². The van der Waals surface area contributed by atoms with Gasteiger partial charge in [-0.3, -0.25) is 4.79 Å². The minimum Gasteiger partial charge on any atom is -0.463 e. The van der Waals surface area contributed by atoms with Gasteiger partial charge in [-0.2, -0.15) is 9.61 Å². The molecule has 0 saturated heterocycles. The van der Waals surface area contributed by atoms with E-state index in [0.29, 0.717) is 17.1 Å². The minimum atomic E-state index is -0.0393. The fourth-order valence-electron chi connectivity index (χ4n) is 2.37. The number of fused-ring (bicyclic) bond motifs is 1. The Hall–Kier alpha value is -2.30. The Morgan fingerprint density at radius 1 is 1.45 bits per heavy atom. The molecule has 1 N–H and O–H groups in total. The molecule has 0 unspecified atom stereocenters. The molecule has 20 heavy (non-hydrogen) atoms. The van der Waals surface area contributed by atoms with Crippen LogP contribution in [0, 0.1) is 6.92 Å². The van der Waals surface area contributed by atoms with Gasteiger partial charge in [-0.05, 0) is 31.9 Å². The van der Waals surface area contributed by atoms with Crippen LogP contribution in [0.25, 0.3) is 17.1 Å². The number of rotatable bonds is 4. The van der Waals surface area contributed by atoms with Crippen LogP contribution in [0.15, 0.2) is 33.7 Å². The first kappa shape index (κ1) is 12.7. The maximum atomic E-state index is 12.5. The van der Waals surface area contributed by atoms with Gasteiger partial charge in [-0.1, -0.05) is 13.3 Å². The average Bonchev–Trinajstić information content (AvgIpc) is 3.06. The lowest BCUT2D eigenvalue weighted by atomic mass is 10.1. The number of nitrogens with zero attached hydrogens (tertiary/aromatic N) is 2. The molecule has 0 aliphatic rings. The average molecular weight is 271 g/mol. The van der Waals surface area contributed by atoms with Crippen molar-refractivity contribution in [1.82, 2.24) is 14.6 Å². The molecule has 5 nitrogen and oxygen atoms in total. The predicted octanol–water partition coefficient (Wildman–Crippen LogP) is 2.93. The van der Waals surface area contributed by atoms with Crippen molar-refractivity contribution in [2.75, 3.05) is 0 Å². The lowest BCUT2D eigenvalue weighted by Crippen LogP contribution is -2.21. The summed E-state index contributed by atoms with van der Waals surface area (Å²) in [6.07, 6.45) is 4.44. The fraction of sp³-hybridized carbons (Fsp3) is 0.333. The second-order valence-electron chi connectivity index (χ2n) is 4.94. The first-order chi connectivity index (χ1) is 9.70. The normalized spacial score (nSPS) is 11.3. The van der Waals surface area contributed by atoms with E-state index in [9.17, 15) is 4.79 Å². The third kappa shape index (κ3) is 2.05. The van der Waals surface area contributed by atoms with E-state index in [0.717, 1.165) is 30.5 Å². The van der Waals surface area contributed by atoms with Crippen LogP contribution < -0.4 is 5.56 Å². The van der Waals surface area contributed by atoms with Gasteiger partial charge in [0.25, 0.3) is 5.56 Å². The number of nitrogens with one attached hydrogen (secondary N) is 1. The van der Waals surface area contributed by atoms with Crippen molar-refractivity contribution in [2.45, 2.75) is 33.1 Å². The quantitative estimate of drug-likeness (QED) is 0.793. The highest BCUT2D eigenvalue weighted by Gasteiger charge is 2.13. The molecule has 104 valence electrons. The summed E-state index contributed by atoms with van der Waals surface area (Å²) in [7, 11) is 0. The Balaban J connectivity index is 2.15. The molecule has 0 aliphatic heterocycles. The van der Waals surface area contributed by atoms with E-state index in [2.05, 4.69) is 17.0 Å². The molecule has 3 heterocycles. The molecular weight excluding hydrogens is 254 g/mol. The lowest BCUT2D eigenvalue weighted by molar-refractivity contribution is 0.579.